The number of esters is 1. The quantitative estimate of drug-likeness (QED) is 0.861. The lowest BCUT2D eigenvalue weighted by molar-refractivity contribution is -0.119. The Kier molecular flexibility index (Phi) is 5.30. The molecule has 0 aromatic heterocycles. The molecule has 6 heteroatoms. The van der Waals surface area contributed by atoms with Gasteiger partial charge in [0.25, 0.3) is 5.91 Å². The van der Waals surface area contributed by atoms with Crippen molar-refractivity contribution in [2.75, 3.05) is 19.0 Å². The molecule has 1 amide bonds. The molecular formula is C17H16FNO4. The van der Waals surface area contributed by atoms with Gasteiger partial charge in [0, 0.05) is 11.3 Å². The first kappa shape index (κ1) is 16.5. The van der Waals surface area contributed by atoms with E-state index in [1.807, 2.05) is 0 Å². The number of benzene rings is 2. The molecule has 23 heavy (non-hydrogen) atoms. The fourth-order valence-electron chi connectivity index (χ4n) is 1.89. The fourth-order valence-corrected chi connectivity index (χ4v) is 1.89. The first-order valence-electron chi connectivity index (χ1n) is 6.87. The van der Waals surface area contributed by atoms with Crippen LogP contribution in [0.15, 0.2) is 42.5 Å². The molecule has 0 fully saturated rings. The van der Waals surface area contributed by atoms with Crippen molar-refractivity contribution in [3.8, 4) is 5.75 Å². The van der Waals surface area contributed by atoms with E-state index in [2.05, 4.69) is 5.32 Å². The maximum atomic E-state index is 13.4. The Morgan fingerprint density at radius 2 is 1.91 bits per heavy atom. The third-order valence-electron chi connectivity index (χ3n) is 3.18. The van der Waals surface area contributed by atoms with Gasteiger partial charge >= 0.3 is 5.97 Å². The van der Waals surface area contributed by atoms with Crippen LogP contribution in [0.1, 0.15) is 15.9 Å². The summed E-state index contributed by atoms with van der Waals surface area (Å²) in [6.07, 6.45) is 0. The van der Waals surface area contributed by atoms with E-state index in [9.17, 15) is 14.0 Å². The summed E-state index contributed by atoms with van der Waals surface area (Å²) >= 11 is 0. The molecule has 0 spiro atoms. The summed E-state index contributed by atoms with van der Waals surface area (Å²) in [6.45, 7) is 1.08. The van der Waals surface area contributed by atoms with E-state index in [-0.39, 0.29) is 5.56 Å². The van der Waals surface area contributed by atoms with Crippen molar-refractivity contribution in [3.63, 3.8) is 0 Å². The Hall–Kier alpha value is -2.89. The van der Waals surface area contributed by atoms with E-state index in [0.717, 1.165) is 0 Å². The van der Waals surface area contributed by atoms with Crippen molar-refractivity contribution < 1.29 is 23.5 Å². The highest BCUT2D eigenvalue weighted by Crippen LogP contribution is 2.17. The highest BCUT2D eigenvalue weighted by Gasteiger charge is 2.12. The molecule has 0 heterocycles. The van der Waals surface area contributed by atoms with Crippen LogP contribution >= 0.6 is 0 Å². The van der Waals surface area contributed by atoms with Crippen molar-refractivity contribution in [2.45, 2.75) is 6.92 Å². The Balaban J connectivity index is 1.93. The van der Waals surface area contributed by atoms with Crippen LogP contribution in [-0.4, -0.2) is 25.6 Å². The number of hydrogen-bond donors (Lipinski definition) is 1. The zero-order chi connectivity index (χ0) is 16.8. The number of carbonyl (C=O) groups is 2. The Bertz CT molecular complexity index is 730. The molecule has 0 saturated carbocycles. The van der Waals surface area contributed by atoms with Crippen LogP contribution in [0.4, 0.5) is 10.1 Å². The standard InChI is InChI=1S/C17H16FNO4/c1-11-14(18)7-4-8-15(11)19-16(20)10-23-17(21)12-5-3-6-13(9-12)22-2/h3-9H,10H2,1-2H3,(H,19,20). The van der Waals surface area contributed by atoms with Crippen LogP contribution in [-0.2, 0) is 9.53 Å². The van der Waals surface area contributed by atoms with Crippen LogP contribution in [0.3, 0.4) is 0 Å². The Morgan fingerprint density at radius 3 is 2.65 bits per heavy atom. The first-order chi connectivity index (χ1) is 11.0. The summed E-state index contributed by atoms with van der Waals surface area (Å²) in [5.74, 6) is -1.10. The molecular weight excluding hydrogens is 301 g/mol. The predicted molar refractivity (Wildman–Crippen MR) is 83.0 cm³/mol. The number of hydrogen-bond acceptors (Lipinski definition) is 4. The van der Waals surface area contributed by atoms with Gasteiger partial charge in [-0.2, -0.15) is 0 Å². The second-order valence-electron chi connectivity index (χ2n) is 4.77. The van der Waals surface area contributed by atoms with Gasteiger partial charge in [-0.1, -0.05) is 12.1 Å². The number of carbonyl (C=O) groups excluding carboxylic acids is 2. The molecule has 0 unspecified atom stereocenters. The summed E-state index contributed by atoms with van der Waals surface area (Å²) in [4.78, 5) is 23.7. The molecule has 0 aliphatic rings. The van der Waals surface area contributed by atoms with E-state index in [1.54, 1.807) is 31.2 Å². The van der Waals surface area contributed by atoms with Gasteiger partial charge in [0.2, 0.25) is 0 Å². The summed E-state index contributed by atoms with van der Waals surface area (Å²) in [5.41, 5.74) is 0.937. The number of anilines is 1. The molecule has 120 valence electrons. The Labute approximate surface area is 133 Å². The van der Waals surface area contributed by atoms with E-state index in [1.165, 1.54) is 25.3 Å². The second kappa shape index (κ2) is 7.40. The van der Waals surface area contributed by atoms with Crippen molar-refractivity contribution >= 4 is 17.6 Å². The highest BCUT2D eigenvalue weighted by molar-refractivity contribution is 5.96. The van der Waals surface area contributed by atoms with Gasteiger partial charge in [0.05, 0.1) is 12.7 Å². The van der Waals surface area contributed by atoms with Gasteiger partial charge in [-0.25, -0.2) is 9.18 Å². The lowest BCUT2D eigenvalue weighted by Crippen LogP contribution is -2.21. The molecule has 0 aliphatic carbocycles. The van der Waals surface area contributed by atoms with Crippen LogP contribution in [0.2, 0.25) is 0 Å². The van der Waals surface area contributed by atoms with Gasteiger partial charge in [-0.3, -0.25) is 4.79 Å². The first-order valence-corrected chi connectivity index (χ1v) is 6.87. The highest BCUT2D eigenvalue weighted by atomic mass is 19.1. The van der Waals surface area contributed by atoms with Gasteiger partial charge in [0.15, 0.2) is 6.61 Å². The van der Waals surface area contributed by atoms with Gasteiger partial charge in [-0.05, 0) is 37.3 Å². The number of nitrogens with one attached hydrogen (secondary N) is 1. The number of rotatable bonds is 5. The molecule has 0 bridgehead atoms. The second-order valence-corrected chi connectivity index (χ2v) is 4.77. The molecule has 2 rings (SSSR count). The van der Waals surface area contributed by atoms with Crippen molar-refractivity contribution in [2.24, 2.45) is 0 Å². The van der Waals surface area contributed by atoms with Gasteiger partial charge < -0.3 is 14.8 Å². The van der Waals surface area contributed by atoms with Crippen LogP contribution in [0.5, 0.6) is 5.75 Å². The lowest BCUT2D eigenvalue weighted by Gasteiger charge is -2.09. The molecule has 0 aliphatic heterocycles. The summed E-state index contributed by atoms with van der Waals surface area (Å²) in [6, 6.07) is 10.8. The minimum atomic E-state index is -0.644. The topological polar surface area (TPSA) is 64.6 Å². The largest absolute Gasteiger partial charge is 0.497 e. The molecule has 1 N–H and O–H groups in total. The molecule has 2 aromatic carbocycles. The lowest BCUT2D eigenvalue weighted by atomic mass is 10.2. The summed E-state index contributed by atoms with van der Waals surface area (Å²) < 4.78 is 23.3. The van der Waals surface area contributed by atoms with Gasteiger partial charge in [-0.15, -0.1) is 0 Å². The minimum absolute atomic E-state index is 0.277. The number of ether oxygens (including phenoxy) is 2. The Morgan fingerprint density at radius 1 is 1.17 bits per heavy atom. The normalized spacial score (nSPS) is 10.0. The van der Waals surface area contributed by atoms with Crippen molar-refractivity contribution in [1.82, 2.24) is 0 Å². The zero-order valence-corrected chi connectivity index (χ0v) is 12.8. The average molecular weight is 317 g/mol. The van der Waals surface area contributed by atoms with E-state index in [0.29, 0.717) is 17.0 Å². The molecule has 0 radical (unpaired) electrons. The third-order valence-corrected chi connectivity index (χ3v) is 3.18. The number of amides is 1. The molecule has 2 aromatic rings. The predicted octanol–water partition coefficient (Wildman–Crippen LogP) is 2.94. The van der Waals surface area contributed by atoms with Crippen molar-refractivity contribution in [3.05, 3.63) is 59.4 Å². The number of halogens is 1. The van der Waals surface area contributed by atoms with Crippen molar-refractivity contribution in [1.29, 1.82) is 0 Å². The average Bonchev–Trinajstić information content (AvgIpc) is 2.57. The van der Waals surface area contributed by atoms with Crippen LogP contribution in [0.25, 0.3) is 0 Å². The maximum absolute atomic E-state index is 13.4. The molecule has 0 saturated heterocycles. The van der Waals surface area contributed by atoms with Crippen LogP contribution < -0.4 is 10.1 Å². The van der Waals surface area contributed by atoms with E-state index >= 15 is 0 Å². The molecule has 5 nitrogen and oxygen atoms in total. The minimum Gasteiger partial charge on any atom is -0.497 e. The summed E-state index contributed by atoms with van der Waals surface area (Å²) in [5, 5.41) is 2.50. The monoisotopic (exact) mass is 317 g/mol. The van der Waals surface area contributed by atoms with E-state index < -0.39 is 24.3 Å². The number of methoxy groups -OCH3 is 1. The van der Waals surface area contributed by atoms with E-state index in [4.69, 9.17) is 9.47 Å². The van der Waals surface area contributed by atoms with Crippen LogP contribution in [0, 0.1) is 12.7 Å². The third kappa shape index (κ3) is 4.29. The zero-order valence-electron chi connectivity index (χ0n) is 12.8. The summed E-state index contributed by atoms with van der Waals surface area (Å²) in [7, 11) is 1.49. The fraction of sp³-hybridized carbons (Fsp3) is 0.176. The molecule has 0 atom stereocenters. The maximum Gasteiger partial charge on any atom is 0.338 e. The SMILES string of the molecule is COc1cccc(C(=O)OCC(=O)Nc2cccc(F)c2C)c1. The van der Waals surface area contributed by atoms with Gasteiger partial charge in [0.1, 0.15) is 11.6 Å². The smallest absolute Gasteiger partial charge is 0.338 e.